The Morgan fingerprint density at radius 2 is 0.979 bits per heavy atom. The van der Waals surface area contributed by atoms with Crippen molar-refractivity contribution in [2.75, 3.05) is 43.8 Å². The van der Waals surface area contributed by atoms with Crippen molar-refractivity contribution in [2.45, 2.75) is 105 Å². The predicted octanol–water partition coefficient (Wildman–Crippen LogP) is 8.19. The number of aliphatic imine (C=N–C) groups is 3. The van der Waals surface area contributed by atoms with Gasteiger partial charge in [0.15, 0.2) is 15.4 Å². The number of β-amino-alcohol motifs (C(OH)–C–C–N with tert-alkyl or cyclic N) is 1. The van der Waals surface area contributed by atoms with Crippen LogP contribution in [0.4, 0.5) is 47.5 Å². The number of amidine groups is 3. The van der Waals surface area contributed by atoms with Crippen LogP contribution in [0.3, 0.4) is 0 Å². The van der Waals surface area contributed by atoms with Gasteiger partial charge in [0.25, 0.3) is 34.4 Å². The van der Waals surface area contributed by atoms with Gasteiger partial charge in [-0.15, -0.1) is 0 Å². The van der Waals surface area contributed by atoms with Crippen LogP contribution in [0.5, 0.6) is 0 Å². The molecule has 0 fully saturated rings. The summed E-state index contributed by atoms with van der Waals surface area (Å²) in [5.74, 6) is -0.703. The molecule has 4 atom stereocenters. The lowest BCUT2D eigenvalue weighted by molar-refractivity contribution is 0.0896. The zero-order valence-corrected chi connectivity index (χ0v) is 58.7. The van der Waals surface area contributed by atoms with E-state index in [1.165, 1.54) is 14.7 Å². The van der Waals surface area contributed by atoms with Crippen LogP contribution in [0, 0.1) is 20.8 Å². The van der Waals surface area contributed by atoms with Crippen molar-refractivity contribution in [1.29, 1.82) is 0 Å². The van der Waals surface area contributed by atoms with Gasteiger partial charge in [0, 0.05) is 40.5 Å². The van der Waals surface area contributed by atoms with Crippen LogP contribution in [-0.2, 0) is 12.8 Å². The van der Waals surface area contributed by atoms with E-state index in [0.717, 1.165) is 79.7 Å². The molecule has 0 radical (unpaired) electrons. The summed E-state index contributed by atoms with van der Waals surface area (Å²) < 4.78 is 7.89. The maximum absolute atomic E-state index is 13.3. The van der Waals surface area contributed by atoms with Gasteiger partial charge < -0.3 is 58.5 Å². The van der Waals surface area contributed by atoms with Crippen LogP contribution in [0.2, 0.25) is 10.0 Å². The minimum atomic E-state index is -0.984. The second-order valence-electron chi connectivity index (χ2n) is 22.4. The highest BCUT2D eigenvalue weighted by atomic mass is 35.5. The zero-order chi connectivity index (χ0) is 69.3. The van der Waals surface area contributed by atoms with E-state index in [1.807, 2.05) is 45.9 Å². The molecular weight excluding hydrogens is 1400 g/mol. The lowest BCUT2D eigenvalue weighted by atomic mass is 10.1. The number of halogens is 2. The van der Waals surface area contributed by atoms with Gasteiger partial charge in [-0.25, -0.2) is 15.0 Å². The van der Waals surface area contributed by atoms with E-state index in [1.54, 1.807) is 70.2 Å². The molecule has 3 aliphatic rings. The van der Waals surface area contributed by atoms with E-state index in [0.29, 0.717) is 108 Å². The number of nitrogens with one attached hydrogen (secondary N) is 6. The average molecular weight is 1460 g/mol. The van der Waals surface area contributed by atoms with Crippen LogP contribution in [0.15, 0.2) is 90.0 Å². The minimum absolute atomic E-state index is 0.00192. The van der Waals surface area contributed by atoms with E-state index >= 15 is 0 Å². The highest BCUT2D eigenvalue weighted by Gasteiger charge is 2.38. The van der Waals surface area contributed by atoms with Gasteiger partial charge in [-0.1, -0.05) is 75.4 Å². The van der Waals surface area contributed by atoms with Gasteiger partial charge in [0.1, 0.15) is 76.3 Å². The summed E-state index contributed by atoms with van der Waals surface area (Å²) in [5, 5.41) is 53.4. The Balaban J connectivity index is 0.000000157. The van der Waals surface area contributed by atoms with E-state index in [-0.39, 0.29) is 88.3 Å². The fraction of sp³-hybridized carbons (Fsp3) is 0.300. The number of H-pyrrole nitrogens is 3. The standard InChI is InChI=1S/2C20H21ClN6O3S2.C20H22N6O4S2/c1-8(2)23-16(22)14-17(29)26-32-18(14)25-20-24-9(3)15(31-20)19(30)27-12-5-4-11(21)6-10(12)7-13(27)28;1-8(2)23-16(22)14-17(29)26-32-18(14)25-20-24-9(3)15(31-20)19(30)27-7-13(28)11-6-10(21)4-5-12(11)27;1-9(8-27)22-16(21)14-17(29)25-32-18(14)24-20-23-10(2)15(31-20)19(30)26-12-6-4-3-5-11(12)7-13(26)28/h2*4-6,8,13,28H,7H2,1-3H3,(H2,22,23)(H,24,25)(H,26,29);3-6,9,13,27-28H,7-8H2,1-2H3,(H2,21,22)(H,23,24)(H,25,29). The SMILES string of the molecule is Cc1nc(Nc2s[nH]c(=O)c2C(N)=NC(C)C)sc1C(=O)N1CC(O)c2cc(Cl)ccc21.Cc1nc(Nc2s[nH]c(=O)c2C(N)=NC(C)C)sc1C(=O)N1c2ccc(Cl)cc2CC1O.Cc1nc(Nc2s[nH]c(=O)c2C(N)=NC(C)CO)sc1C(=O)N1c2ccccc2CC1O. The lowest BCUT2D eigenvalue weighted by Gasteiger charge is -2.21. The molecule has 3 amide bonds. The number of nitrogens with zero attached hydrogens (tertiary/aromatic N) is 9. The van der Waals surface area contributed by atoms with Gasteiger partial charge >= 0.3 is 0 Å². The van der Waals surface area contributed by atoms with Gasteiger partial charge in [-0.3, -0.25) is 66.7 Å². The fourth-order valence-corrected chi connectivity index (χ4v) is 15.9. The smallest absolute Gasteiger partial charge is 0.272 e. The number of aromatic amines is 3. The van der Waals surface area contributed by atoms with E-state index in [9.17, 15) is 49.2 Å². The van der Waals surface area contributed by atoms with Gasteiger partial charge in [-0.05, 0) is 144 Å². The predicted molar refractivity (Wildman–Crippen MR) is 383 cm³/mol. The Bertz CT molecular complexity index is 4730. The minimum Gasteiger partial charge on any atom is -0.394 e. The number of rotatable bonds is 16. The first kappa shape index (κ1) is 70.3. The summed E-state index contributed by atoms with van der Waals surface area (Å²) in [6.07, 6.45) is -2.05. The molecule has 0 saturated heterocycles. The molecule has 96 heavy (non-hydrogen) atoms. The maximum Gasteiger partial charge on any atom is 0.272 e. The number of nitrogens with two attached hydrogens (primary N) is 3. The molecule has 28 nitrogen and oxygen atoms in total. The maximum atomic E-state index is 13.3. The van der Waals surface area contributed by atoms with Crippen LogP contribution in [-0.4, -0.2) is 127 Å². The van der Waals surface area contributed by atoms with Crippen molar-refractivity contribution < 1.29 is 34.8 Å². The number of carbonyl (C=O) groups excluding carboxylic acids is 3. The fourth-order valence-electron chi connectivity index (χ4n) is 10.3. The quantitative estimate of drug-likeness (QED) is 0.0320. The molecule has 504 valence electrons. The summed E-state index contributed by atoms with van der Waals surface area (Å²) in [4.78, 5) is 108. The van der Waals surface area contributed by atoms with Crippen LogP contribution in [0.1, 0.15) is 120 Å². The van der Waals surface area contributed by atoms with Crippen molar-refractivity contribution in [2.24, 2.45) is 32.2 Å². The highest BCUT2D eigenvalue weighted by Crippen LogP contribution is 2.41. The Morgan fingerprint density at radius 3 is 1.43 bits per heavy atom. The van der Waals surface area contributed by atoms with Crippen LogP contribution < -0.4 is 64.5 Å². The molecule has 6 aromatic heterocycles. The normalized spacial score (nSPS) is 16.3. The van der Waals surface area contributed by atoms with E-state index in [4.69, 9.17) is 40.4 Å². The number of para-hydroxylation sites is 1. The summed E-state index contributed by atoms with van der Waals surface area (Å²) in [6, 6.07) is 17.0. The van der Waals surface area contributed by atoms with Crippen molar-refractivity contribution in [1.82, 2.24) is 28.1 Å². The van der Waals surface area contributed by atoms with Crippen molar-refractivity contribution >= 4 is 174 Å². The molecule has 16 N–H and O–H groups in total. The third kappa shape index (κ3) is 15.0. The third-order valence-electron chi connectivity index (χ3n) is 14.6. The average Bonchev–Trinajstić information content (AvgIpc) is 1.64. The van der Waals surface area contributed by atoms with Crippen molar-refractivity contribution in [3.05, 3.63) is 167 Å². The topological polar surface area (TPSA) is 430 Å². The van der Waals surface area contributed by atoms with Gasteiger partial charge in [-0.2, -0.15) is 0 Å². The first-order chi connectivity index (χ1) is 45.6. The molecule has 3 aliphatic heterocycles. The zero-order valence-electron chi connectivity index (χ0n) is 52.3. The van der Waals surface area contributed by atoms with E-state index < -0.39 is 30.2 Å². The number of amides is 3. The molecule has 36 heteroatoms. The van der Waals surface area contributed by atoms with Crippen LogP contribution in [0.25, 0.3) is 0 Å². The number of hydrogen-bond donors (Lipinski definition) is 13. The number of anilines is 9. The molecular formula is C60H64Cl2N18O10S6. The number of aromatic nitrogens is 6. The monoisotopic (exact) mass is 1460 g/mol. The Kier molecular flexibility index (Phi) is 21.6. The molecule has 12 rings (SSSR count). The van der Waals surface area contributed by atoms with Gasteiger partial charge in [0.2, 0.25) is 0 Å². The summed E-state index contributed by atoms with van der Waals surface area (Å²) >= 11 is 18.7. The summed E-state index contributed by atoms with van der Waals surface area (Å²) in [5.41, 5.74) is 23.3. The number of carbonyl (C=O) groups is 3. The first-order valence-corrected chi connectivity index (χ1v) is 34.9. The highest BCUT2D eigenvalue weighted by molar-refractivity contribution is 7.19. The number of aliphatic hydroxyl groups is 4. The molecule has 3 aromatic carbocycles. The Labute approximate surface area is 581 Å². The third-order valence-corrected chi connectivity index (χ3v) is 20.6. The first-order valence-electron chi connectivity index (χ1n) is 29.3. The second kappa shape index (κ2) is 29.5. The molecule has 9 heterocycles. The Morgan fingerprint density at radius 1 is 0.583 bits per heavy atom. The number of thiazole rings is 3. The number of fused-ring (bicyclic) bond motifs is 3. The van der Waals surface area contributed by atoms with Crippen LogP contribution >= 0.6 is 91.8 Å². The second-order valence-corrected chi connectivity index (χ2v) is 28.7. The molecule has 0 bridgehead atoms. The largest absolute Gasteiger partial charge is 0.394 e. The number of hydrogen-bond acceptors (Lipinski definition) is 25. The molecule has 4 unspecified atom stereocenters. The van der Waals surface area contributed by atoms with Gasteiger partial charge in [0.05, 0.1) is 59.4 Å². The number of aryl methyl sites for hydroxylation is 3. The summed E-state index contributed by atoms with van der Waals surface area (Å²) in [7, 11) is 0. The number of benzene rings is 3. The summed E-state index contributed by atoms with van der Waals surface area (Å²) in [6.45, 7) is 14.2. The van der Waals surface area contributed by atoms with Crippen molar-refractivity contribution in [3.8, 4) is 0 Å². The molecule has 0 saturated carbocycles. The molecule has 0 aliphatic carbocycles. The molecule has 0 spiro atoms. The molecule has 9 aromatic rings. The lowest BCUT2D eigenvalue weighted by Crippen LogP contribution is -2.37. The van der Waals surface area contributed by atoms with Crippen molar-refractivity contribution in [3.63, 3.8) is 0 Å². The van der Waals surface area contributed by atoms with E-state index in [2.05, 4.69) is 59.0 Å². The Hall–Kier alpha value is -8.52. The number of aliphatic hydroxyl groups excluding tert-OH is 4.